The number of hydrogen-bond donors (Lipinski definition) is 0. The molecule has 104 valence electrons. The van der Waals surface area contributed by atoms with Crippen molar-refractivity contribution >= 4 is 34.1 Å². The van der Waals surface area contributed by atoms with Gasteiger partial charge in [-0.15, -0.1) is 0 Å². The van der Waals surface area contributed by atoms with Crippen LogP contribution in [0.2, 0.25) is 5.02 Å². The summed E-state index contributed by atoms with van der Waals surface area (Å²) in [6, 6.07) is 7.97. The molecule has 1 heterocycles. The summed E-state index contributed by atoms with van der Waals surface area (Å²) >= 11 is 11.2. The van der Waals surface area contributed by atoms with Crippen LogP contribution in [-0.4, -0.2) is 42.9 Å². The number of anilines is 1. The van der Waals surface area contributed by atoms with E-state index in [1.54, 1.807) is 0 Å². The van der Waals surface area contributed by atoms with Crippen LogP contribution in [0.1, 0.15) is 12.8 Å². The second-order valence-corrected chi connectivity index (χ2v) is 5.62. The number of rotatable bonds is 5. The fourth-order valence-electron chi connectivity index (χ4n) is 2.32. The van der Waals surface area contributed by atoms with Crippen molar-refractivity contribution in [3.05, 3.63) is 29.3 Å². The summed E-state index contributed by atoms with van der Waals surface area (Å²) in [6.45, 7) is 5.03. The van der Waals surface area contributed by atoms with E-state index in [1.807, 2.05) is 12.1 Å². The average molecular weight is 301 g/mol. The Morgan fingerprint density at radius 1 is 1.11 bits per heavy atom. The zero-order valence-corrected chi connectivity index (χ0v) is 12.3. The van der Waals surface area contributed by atoms with E-state index >= 15 is 0 Å². The van der Waals surface area contributed by atoms with Crippen LogP contribution >= 0.6 is 23.2 Å². The quantitative estimate of drug-likeness (QED) is 0.781. The van der Waals surface area contributed by atoms with Crippen LogP contribution in [0.3, 0.4) is 0 Å². The Bertz CT molecular complexity index is 414. The van der Waals surface area contributed by atoms with Crippen molar-refractivity contribution in [3.8, 4) is 0 Å². The second-order valence-electron chi connectivity index (χ2n) is 4.76. The zero-order chi connectivity index (χ0) is 13.7. The maximum Gasteiger partial charge on any atom is 0.221 e. The van der Waals surface area contributed by atoms with Gasteiger partial charge in [0.25, 0.3) is 0 Å². The van der Waals surface area contributed by atoms with Crippen molar-refractivity contribution in [1.29, 1.82) is 0 Å². The molecule has 2 rings (SSSR count). The molecule has 1 aromatic rings. The predicted octanol–water partition coefficient (Wildman–Crippen LogP) is 3.01. The number of benzene rings is 1. The van der Waals surface area contributed by atoms with Gasteiger partial charge in [0.15, 0.2) is 0 Å². The van der Waals surface area contributed by atoms with Crippen molar-refractivity contribution in [3.63, 3.8) is 0 Å². The van der Waals surface area contributed by atoms with Gasteiger partial charge < -0.3 is 4.90 Å². The fraction of sp³-hybridized carbons (Fsp3) is 0.500. The number of carbonyl (C=O) groups excluding carboxylic acids is 1. The molecule has 0 atom stereocenters. The second kappa shape index (κ2) is 7.13. The van der Waals surface area contributed by atoms with Crippen molar-refractivity contribution in [1.82, 2.24) is 4.90 Å². The Hall–Kier alpha value is -0.770. The van der Waals surface area contributed by atoms with Crippen LogP contribution in [-0.2, 0) is 4.79 Å². The first-order valence-electron chi connectivity index (χ1n) is 6.56. The van der Waals surface area contributed by atoms with Crippen molar-refractivity contribution in [2.75, 3.05) is 37.6 Å². The Kier molecular flexibility index (Phi) is 5.49. The maximum absolute atomic E-state index is 10.7. The van der Waals surface area contributed by atoms with Gasteiger partial charge in [-0.3, -0.25) is 9.69 Å². The molecule has 1 aliphatic heterocycles. The largest absolute Gasteiger partial charge is 0.369 e. The molecule has 0 amide bonds. The normalized spacial score (nSPS) is 16.6. The van der Waals surface area contributed by atoms with Gasteiger partial charge in [-0.2, -0.15) is 0 Å². The summed E-state index contributed by atoms with van der Waals surface area (Å²) < 4.78 is 0. The SMILES string of the molecule is O=C(Cl)CCCN1CCN(c2ccc(Cl)cc2)CC1. The number of piperazine rings is 1. The third-order valence-corrected chi connectivity index (χ3v) is 3.85. The molecule has 0 N–H and O–H groups in total. The number of hydrogen-bond acceptors (Lipinski definition) is 3. The van der Waals surface area contributed by atoms with Gasteiger partial charge in [0.05, 0.1) is 0 Å². The summed E-state index contributed by atoms with van der Waals surface area (Å²) in [5.74, 6) is 0. The van der Waals surface area contributed by atoms with E-state index in [0.717, 1.165) is 44.2 Å². The molecule has 1 aliphatic rings. The first-order chi connectivity index (χ1) is 9.15. The van der Waals surface area contributed by atoms with Gasteiger partial charge >= 0.3 is 0 Å². The Balaban J connectivity index is 1.76. The van der Waals surface area contributed by atoms with Gasteiger partial charge in [-0.05, 0) is 48.8 Å². The first-order valence-corrected chi connectivity index (χ1v) is 7.32. The van der Waals surface area contributed by atoms with Gasteiger partial charge in [-0.25, -0.2) is 0 Å². The van der Waals surface area contributed by atoms with Gasteiger partial charge in [0.2, 0.25) is 5.24 Å². The third kappa shape index (κ3) is 4.68. The Morgan fingerprint density at radius 3 is 2.32 bits per heavy atom. The molecule has 0 unspecified atom stereocenters. The van der Waals surface area contributed by atoms with Crippen molar-refractivity contribution in [2.45, 2.75) is 12.8 Å². The Morgan fingerprint density at radius 2 is 1.74 bits per heavy atom. The molecule has 1 fully saturated rings. The van der Waals surface area contributed by atoms with E-state index < -0.39 is 0 Å². The van der Waals surface area contributed by atoms with Crippen LogP contribution in [0.5, 0.6) is 0 Å². The van der Waals surface area contributed by atoms with Crippen LogP contribution in [0.25, 0.3) is 0 Å². The Labute approximate surface area is 124 Å². The lowest BCUT2D eigenvalue weighted by atomic mass is 10.2. The number of nitrogens with zero attached hydrogens (tertiary/aromatic N) is 2. The van der Waals surface area contributed by atoms with E-state index in [4.69, 9.17) is 23.2 Å². The van der Waals surface area contributed by atoms with Crippen LogP contribution in [0.15, 0.2) is 24.3 Å². The maximum atomic E-state index is 10.7. The molecule has 1 saturated heterocycles. The molecule has 0 saturated carbocycles. The minimum absolute atomic E-state index is 0.236. The highest BCUT2D eigenvalue weighted by molar-refractivity contribution is 6.63. The first kappa shape index (κ1) is 14.6. The lowest BCUT2D eigenvalue weighted by Crippen LogP contribution is -2.46. The molecule has 0 bridgehead atoms. The van der Waals surface area contributed by atoms with E-state index in [0.29, 0.717) is 6.42 Å². The van der Waals surface area contributed by atoms with Crippen LogP contribution < -0.4 is 4.90 Å². The minimum atomic E-state index is -0.236. The average Bonchev–Trinajstić information content (AvgIpc) is 2.40. The number of halogens is 2. The highest BCUT2D eigenvalue weighted by atomic mass is 35.5. The minimum Gasteiger partial charge on any atom is -0.369 e. The smallest absolute Gasteiger partial charge is 0.221 e. The van der Waals surface area contributed by atoms with E-state index in [2.05, 4.69) is 21.9 Å². The summed E-state index contributed by atoms with van der Waals surface area (Å²) in [6.07, 6.45) is 1.32. The van der Waals surface area contributed by atoms with Gasteiger partial charge in [-0.1, -0.05) is 11.6 Å². The fourth-order valence-corrected chi connectivity index (χ4v) is 2.58. The van der Waals surface area contributed by atoms with Crippen molar-refractivity contribution < 1.29 is 4.79 Å². The molecular weight excluding hydrogens is 283 g/mol. The molecule has 0 aliphatic carbocycles. The summed E-state index contributed by atoms with van der Waals surface area (Å²) in [7, 11) is 0. The molecule has 1 aromatic carbocycles. The standard InChI is InChI=1S/C14H18Cl2N2O/c15-12-3-5-13(6-4-12)18-10-8-17(9-11-18)7-1-2-14(16)19/h3-6H,1-2,7-11H2. The van der Waals surface area contributed by atoms with Gasteiger partial charge in [0.1, 0.15) is 0 Å². The molecule has 0 aromatic heterocycles. The zero-order valence-electron chi connectivity index (χ0n) is 10.8. The molecular formula is C14H18Cl2N2O. The topological polar surface area (TPSA) is 23.6 Å². The summed E-state index contributed by atoms with van der Waals surface area (Å²) in [5, 5.41) is 0.535. The van der Waals surface area contributed by atoms with Crippen molar-refractivity contribution in [2.24, 2.45) is 0 Å². The van der Waals surface area contributed by atoms with Crippen LogP contribution in [0.4, 0.5) is 5.69 Å². The van der Waals surface area contributed by atoms with E-state index in [1.165, 1.54) is 5.69 Å². The highest BCUT2D eigenvalue weighted by Crippen LogP contribution is 2.19. The number of carbonyl (C=O) groups is 1. The molecule has 0 spiro atoms. The molecule has 19 heavy (non-hydrogen) atoms. The lowest BCUT2D eigenvalue weighted by Gasteiger charge is -2.36. The summed E-state index contributed by atoms with van der Waals surface area (Å²) in [4.78, 5) is 15.4. The molecule has 0 radical (unpaired) electrons. The third-order valence-electron chi connectivity index (χ3n) is 3.41. The molecule has 5 heteroatoms. The molecule has 3 nitrogen and oxygen atoms in total. The van der Waals surface area contributed by atoms with E-state index in [9.17, 15) is 4.79 Å². The monoisotopic (exact) mass is 300 g/mol. The predicted molar refractivity (Wildman–Crippen MR) is 80.2 cm³/mol. The highest BCUT2D eigenvalue weighted by Gasteiger charge is 2.16. The lowest BCUT2D eigenvalue weighted by molar-refractivity contribution is -0.111. The summed E-state index contributed by atoms with van der Waals surface area (Å²) in [5.41, 5.74) is 1.22. The van der Waals surface area contributed by atoms with Crippen LogP contribution in [0, 0.1) is 0 Å². The van der Waals surface area contributed by atoms with Gasteiger partial charge in [0, 0.05) is 43.3 Å². The van der Waals surface area contributed by atoms with E-state index in [-0.39, 0.29) is 5.24 Å².